The van der Waals surface area contributed by atoms with Crippen LogP contribution in [0.2, 0.25) is 0 Å². The Morgan fingerprint density at radius 2 is 1.18 bits per heavy atom. The van der Waals surface area contributed by atoms with Crippen LogP contribution >= 0.6 is 0 Å². The largest absolute Gasteiger partial charge is 0.370 e. The Bertz CT molecular complexity index is 692. The molecule has 0 rings (SSSR count). The first-order chi connectivity index (χ1) is 18.1. The molecule has 0 aromatic carbocycles. The summed E-state index contributed by atoms with van der Waals surface area (Å²) in [5.74, 6) is -0.594. The lowest BCUT2D eigenvalue weighted by Gasteiger charge is -2.24. The van der Waals surface area contributed by atoms with E-state index in [9.17, 15) is 14.4 Å². The van der Waals surface area contributed by atoms with Crippen molar-refractivity contribution in [2.45, 2.75) is 44.7 Å². The fourth-order valence-corrected chi connectivity index (χ4v) is 3.27. The van der Waals surface area contributed by atoms with Gasteiger partial charge in [0, 0.05) is 58.9 Å². The highest BCUT2D eigenvalue weighted by atomic mass is 16.2. The summed E-state index contributed by atoms with van der Waals surface area (Å²) in [5, 5.41) is 11.5. The summed E-state index contributed by atoms with van der Waals surface area (Å²) in [4.78, 5) is 46.0. The number of hydrogen-bond acceptors (Lipinski definition) is 9. The average Bonchev–Trinajstić information content (AvgIpc) is 2.86. The Balaban J connectivity index is 4.55. The topological polar surface area (TPSA) is 283 Å². The highest BCUT2D eigenvalue weighted by Gasteiger charge is 2.15. The Morgan fingerprint density at radius 3 is 1.61 bits per heavy atom. The molecule has 0 heterocycles. The van der Waals surface area contributed by atoms with Crippen LogP contribution in [0, 0.1) is 0 Å². The summed E-state index contributed by atoms with van der Waals surface area (Å²) >= 11 is 0. The Labute approximate surface area is 225 Å². The number of nitrogens with two attached hydrogens (primary N) is 6. The van der Waals surface area contributed by atoms with E-state index in [4.69, 9.17) is 34.4 Å². The molecule has 0 aromatic heterocycles. The molecule has 0 saturated carbocycles. The third-order valence-electron chi connectivity index (χ3n) is 5.33. The molecule has 2 unspecified atom stereocenters. The molecule has 0 aromatic rings. The second-order valence-electron chi connectivity index (χ2n) is 8.66. The van der Waals surface area contributed by atoms with Crippen molar-refractivity contribution in [3.63, 3.8) is 0 Å². The van der Waals surface area contributed by atoms with E-state index in [0.29, 0.717) is 84.6 Å². The van der Waals surface area contributed by atoms with E-state index in [1.165, 1.54) is 0 Å². The second kappa shape index (κ2) is 21.8. The lowest BCUT2D eigenvalue weighted by molar-refractivity contribution is -0.123. The fraction of sp³-hybridized carbons (Fsp3) is 0.773. The second-order valence-corrected chi connectivity index (χ2v) is 8.66. The van der Waals surface area contributed by atoms with E-state index in [1.807, 2.05) is 6.92 Å². The lowest BCUT2D eigenvalue weighted by atomic mass is 10.1. The van der Waals surface area contributed by atoms with Gasteiger partial charge in [-0.05, 0) is 32.6 Å². The molecule has 38 heavy (non-hydrogen) atoms. The summed E-state index contributed by atoms with van der Waals surface area (Å²) in [7, 11) is 0. The van der Waals surface area contributed by atoms with Gasteiger partial charge in [0.2, 0.25) is 17.7 Å². The van der Waals surface area contributed by atoms with Crippen molar-refractivity contribution >= 4 is 29.6 Å². The number of amides is 3. The monoisotopic (exact) mass is 543 g/mol. The quantitative estimate of drug-likeness (QED) is 0.0350. The predicted octanol–water partition coefficient (Wildman–Crippen LogP) is -4.99. The summed E-state index contributed by atoms with van der Waals surface area (Å²) in [6.45, 7) is 6.38. The van der Waals surface area contributed by atoms with Crippen LogP contribution in [0.4, 0.5) is 0 Å². The van der Waals surface area contributed by atoms with Crippen LogP contribution in [0.5, 0.6) is 0 Å². The molecule has 3 amide bonds. The molecular weight excluding hydrogens is 494 g/mol. The van der Waals surface area contributed by atoms with Gasteiger partial charge >= 0.3 is 0 Å². The number of hydrogen-bond donors (Lipinski definition) is 10. The first-order valence-corrected chi connectivity index (χ1v) is 12.9. The van der Waals surface area contributed by atoms with Crippen LogP contribution in [0.3, 0.4) is 0 Å². The molecule has 220 valence electrons. The van der Waals surface area contributed by atoms with E-state index in [1.54, 1.807) is 0 Å². The maximum absolute atomic E-state index is 12.3. The maximum Gasteiger partial charge on any atom is 0.236 e. The number of carbonyl (C=O) groups is 3. The van der Waals surface area contributed by atoms with Gasteiger partial charge in [-0.15, -0.1) is 0 Å². The SMILES string of the molecule is CCNC(=O)CNCCN(CCNC(=O)C(N)CCCN=C(N)N)CCNC(=O)C(N)CCCN=C(N)N. The fourth-order valence-electron chi connectivity index (χ4n) is 3.27. The Hall–Kier alpha value is -3.21. The summed E-state index contributed by atoms with van der Waals surface area (Å²) in [6.07, 6.45) is 2.08. The first-order valence-electron chi connectivity index (χ1n) is 12.9. The Morgan fingerprint density at radius 1 is 0.737 bits per heavy atom. The van der Waals surface area contributed by atoms with Crippen LogP contribution < -0.4 is 55.7 Å². The number of carbonyl (C=O) groups excluding carboxylic acids is 3. The van der Waals surface area contributed by atoms with Crippen molar-refractivity contribution in [2.24, 2.45) is 44.4 Å². The molecule has 16 nitrogen and oxygen atoms in total. The van der Waals surface area contributed by atoms with Crippen LogP contribution in [0.1, 0.15) is 32.6 Å². The number of guanidine groups is 2. The molecule has 2 atom stereocenters. The zero-order chi connectivity index (χ0) is 28.8. The number of nitrogens with one attached hydrogen (secondary N) is 4. The summed E-state index contributed by atoms with van der Waals surface area (Å²) in [5.41, 5.74) is 33.0. The highest BCUT2D eigenvalue weighted by Crippen LogP contribution is 1.97. The highest BCUT2D eigenvalue weighted by molar-refractivity contribution is 5.82. The number of aliphatic imine (C=N–C) groups is 2. The third kappa shape index (κ3) is 19.9. The van der Waals surface area contributed by atoms with Gasteiger partial charge in [-0.25, -0.2) is 0 Å². The van der Waals surface area contributed by atoms with Gasteiger partial charge in [-0.3, -0.25) is 29.3 Å². The summed E-state index contributed by atoms with van der Waals surface area (Å²) < 4.78 is 0. The van der Waals surface area contributed by atoms with Crippen molar-refractivity contribution < 1.29 is 14.4 Å². The molecule has 0 aliphatic rings. The minimum absolute atomic E-state index is 0.00427. The van der Waals surface area contributed by atoms with Crippen LogP contribution in [0.25, 0.3) is 0 Å². The molecule has 16 N–H and O–H groups in total. The molecular formula is C22H49N13O3. The zero-order valence-corrected chi connectivity index (χ0v) is 22.6. The van der Waals surface area contributed by atoms with E-state index >= 15 is 0 Å². The van der Waals surface area contributed by atoms with Gasteiger partial charge in [0.15, 0.2) is 11.9 Å². The predicted molar refractivity (Wildman–Crippen MR) is 150 cm³/mol. The Kier molecular flexibility index (Phi) is 20.0. The van der Waals surface area contributed by atoms with Gasteiger partial charge in [-0.1, -0.05) is 0 Å². The molecule has 0 spiro atoms. The van der Waals surface area contributed by atoms with Crippen molar-refractivity contribution in [1.29, 1.82) is 0 Å². The van der Waals surface area contributed by atoms with Crippen molar-refractivity contribution in [1.82, 2.24) is 26.2 Å². The smallest absolute Gasteiger partial charge is 0.236 e. The molecule has 0 saturated heterocycles. The number of nitrogens with zero attached hydrogens (tertiary/aromatic N) is 3. The molecule has 0 radical (unpaired) electrons. The van der Waals surface area contributed by atoms with Crippen molar-refractivity contribution in [3.8, 4) is 0 Å². The summed E-state index contributed by atoms with van der Waals surface area (Å²) in [6, 6.07) is -1.33. The molecule has 16 heteroatoms. The van der Waals surface area contributed by atoms with Crippen LogP contribution in [-0.4, -0.2) is 112 Å². The minimum atomic E-state index is -0.663. The first kappa shape index (κ1) is 34.8. The van der Waals surface area contributed by atoms with Gasteiger partial charge in [-0.2, -0.15) is 0 Å². The van der Waals surface area contributed by atoms with Gasteiger partial charge < -0.3 is 55.7 Å². The van der Waals surface area contributed by atoms with Crippen molar-refractivity contribution in [3.05, 3.63) is 0 Å². The average molecular weight is 544 g/mol. The number of rotatable bonds is 22. The molecule has 0 aliphatic heterocycles. The van der Waals surface area contributed by atoms with Gasteiger partial charge in [0.1, 0.15) is 0 Å². The normalized spacial score (nSPS) is 12.3. The molecule has 0 aliphatic carbocycles. The lowest BCUT2D eigenvalue weighted by Crippen LogP contribution is -2.47. The number of likely N-dealkylation sites (N-methyl/N-ethyl adjacent to an activating group) is 1. The van der Waals surface area contributed by atoms with Crippen LogP contribution in [-0.2, 0) is 14.4 Å². The minimum Gasteiger partial charge on any atom is -0.370 e. The van der Waals surface area contributed by atoms with E-state index in [2.05, 4.69) is 36.2 Å². The van der Waals surface area contributed by atoms with Crippen molar-refractivity contribution in [2.75, 3.05) is 65.4 Å². The van der Waals surface area contributed by atoms with E-state index < -0.39 is 12.1 Å². The van der Waals surface area contributed by atoms with Gasteiger partial charge in [0.05, 0.1) is 18.6 Å². The molecule has 0 fully saturated rings. The zero-order valence-electron chi connectivity index (χ0n) is 22.6. The van der Waals surface area contributed by atoms with E-state index in [-0.39, 0.29) is 36.2 Å². The molecule has 0 bridgehead atoms. The standard InChI is InChI=1S/C22H49N13O3/c1-2-30-18(36)15-29-9-12-35(13-10-31-19(37)16(23)5-3-7-33-21(25)26)14-11-32-20(38)17(24)6-4-8-34-22(27)28/h16-17,29H,2-15,23-24H2,1H3,(H,30,36)(H,31,37)(H,32,38)(H4,25,26,33)(H4,27,28,34). The van der Waals surface area contributed by atoms with Crippen LogP contribution in [0.15, 0.2) is 9.98 Å². The van der Waals surface area contributed by atoms with E-state index in [0.717, 1.165) is 0 Å². The van der Waals surface area contributed by atoms with Gasteiger partial charge in [0.25, 0.3) is 0 Å². The third-order valence-corrected chi connectivity index (χ3v) is 5.33. The maximum atomic E-state index is 12.3.